The summed E-state index contributed by atoms with van der Waals surface area (Å²) in [6, 6.07) is 0. The third kappa shape index (κ3) is 1.12. The van der Waals surface area contributed by atoms with Gasteiger partial charge in [0.05, 0.1) is 0 Å². The van der Waals surface area contributed by atoms with E-state index in [-0.39, 0.29) is 5.54 Å². The van der Waals surface area contributed by atoms with Crippen LogP contribution in [0.25, 0.3) is 0 Å². The van der Waals surface area contributed by atoms with Crippen LogP contribution in [0.1, 0.15) is 36.2 Å². The predicted molar refractivity (Wildman–Crippen MR) is 58.0 cm³/mol. The van der Waals surface area contributed by atoms with Gasteiger partial charge < -0.3 is 11.1 Å². The maximum atomic E-state index is 5.91. The van der Waals surface area contributed by atoms with Crippen LogP contribution in [0.2, 0.25) is 0 Å². The fourth-order valence-corrected chi connectivity index (χ4v) is 2.29. The van der Waals surface area contributed by atoms with Crippen LogP contribution in [-0.4, -0.2) is 4.98 Å². The van der Waals surface area contributed by atoms with Gasteiger partial charge in [0.25, 0.3) is 0 Å². The highest BCUT2D eigenvalue weighted by Gasteiger charge is 2.33. The van der Waals surface area contributed by atoms with Gasteiger partial charge in [-0.2, -0.15) is 0 Å². The predicted octanol–water partition coefficient (Wildman–Crippen LogP) is 1.62. The van der Waals surface area contributed by atoms with E-state index in [4.69, 9.17) is 5.73 Å². The molecule has 0 bridgehead atoms. The second kappa shape index (κ2) is 2.70. The fourth-order valence-electron chi connectivity index (χ4n) is 2.29. The molecule has 0 atom stereocenters. The van der Waals surface area contributed by atoms with Gasteiger partial charge in [-0.1, -0.05) is 0 Å². The second-order valence-electron chi connectivity index (χ2n) is 4.54. The molecule has 0 unspecified atom stereocenters. The molecule has 1 aromatic heterocycles. The zero-order chi connectivity index (χ0) is 10.5. The average Bonchev–Trinajstić information content (AvgIpc) is 2.38. The fraction of sp³-hybridized carbons (Fsp3) is 0.545. The molecule has 1 aromatic rings. The molecule has 14 heavy (non-hydrogen) atoms. The molecule has 1 aliphatic rings. The molecule has 3 N–H and O–H groups in total. The molecule has 0 aromatic carbocycles. The quantitative estimate of drug-likeness (QED) is 0.655. The summed E-state index contributed by atoms with van der Waals surface area (Å²) in [5, 5.41) is 3.45. The van der Waals surface area contributed by atoms with Crippen LogP contribution in [0, 0.1) is 13.8 Å². The summed E-state index contributed by atoms with van der Waals surface area (Å²) in [6.45, 7) is 9.34. The number of aromatic nitrogens is 1. The summed E-state index contributed by atoms with van der Waals surface area (Å²) in [5.41, 5.74) is 10.8. The van der Waals surface area contributed by atoms with Crippen molar-refractivity contribution in [3.63, 3.8) is 0 Å². The lowest BCUT2D eigenvalue weighted by molar-refractivity contribution is 0.441. The normalized spacial score (nSPS) is 18.3. The Kier molecular flexibility index (Phi) is 1.83. The number of hydrogen-bond acceptors (Lipinski definition) is 3. The maximum absolute atomic E-state index is 5.91. The van der Waals surface area contributed by atoms with Crippen molar-refractivity contribution in [3.05, 3.63) is 22.4 Å². The van der Waals surface area contributed by atoms with Gasteiger partial charge in [0, 0.05) is 23.3 Å². The van der Waals surface area contributed by atoms with Crippen molar-refractivity contribution < 1.29 is 0 Å². The van der Waals surface area contributed by atoms with E-state index in [1.54, 1.807) is 0 Å². The average molecular weight is 191 g/mol. The molecule has 0 saturated heterocycles. The van der Waals surface area contributed by atoms with E-state index in [9.17, 15) is 0 Å². The van der Waals surface area contributed by atoms with Crippen LogP contribution in [0.4, 0.5) is 5.82 Å². The number of nitrogens with two attached hydrogens (primary N) is 1. The highest BCUT2D eigenvalue weighted by molar-refractivity contribution is 5.54. The minimum absolute atomic E-state index is 0.0290. The van der Waals surface area contributed by atoms with Crippen LogP contribution in [-0.2, 0) is 12.1 Å². The summed E-state index contributed by atoms with van der Waals surface area (Å²) in [7, 11) is 0. The SMILES string of the molecule is Cc1nc(N)c2c(c1C)C(C)(C)NC2. The van der Waals surface area contributed by atoms with Gasteiger partial charge in [-0.3, -0.25) is 0 Å². The summed E-state index contributed by atoms with van der Waals surface area (Å²) in [6.07, 6.45) is 0. The second-order valence-corrected chi connectivity index (χ2v) is 4.54. The maximum Gasteiger partial charge on any atom is 0.128 e. The Hall–Kier alpha value is -1.09. The number of rotatable bonds is 0. The van der Waals surface area contributed by atoms with Crippen LogP contribution in [0.15, 0.2) is 0 Å². The number of pyridine rings is 1. The lowest BCUT2D eigenvalue weighted by Crippen LogP contribution is -2.29. The Morgan fingerprint density at radius 2 is 2.00 bits per heavy atom. The van der Waals surface area contributed by atoms with Gasteiger partial charge in [-0.05, 0) is 38.8 Å². The Labute approximate surface area is 84.7 Å². The highest BCUT2D eigenvalue weighted by atomic mass is 15.0. The lowest BCUT2D eigenvalue weighted by atomic mass is 9.90. The molecule has 2 rings (SSSR count). The summed E-state index contributed by atoms with van der Waals surface area (Å²) < 4.78 is 0. The number of anilines is 1. The van der Waals surface area contributed by atoms with Gasteiger partial charge in [-0.25, -0.2) is 4.98 Å². The Morgan fingerprint density at radius 1 is 1.36 bits per heavy atom. The number of aryl methyl sites for hydroxylation is 1. The lowest BCUT2D eigenvalue weighted by Gasteiger charge is -2.22. The van der Waals surface area contributed by atoms with Crippen molar-refractivity contribution in [2.45, 2.75) is 39.8 Å². The molecule has 3 nitrogen and oxygen atoms in total. The van der Waals surface area contributed by atoms with Crippen molar-refractivity contribution in [1.29, 1.82) is 0 Å². The molecule has 76 valence electrons. The van der Waals surface area contributed by atoms with Crippen molar-refractivity contribution in [2.24, 2.45) is 0 Å². The van der Waals surface area contributed by atoms with Crippen molar-refractivity contribution >= 4 is 5.82 Å². The summed E-state index contributed by atoms with van der Waals surface area (Å²) in [5.74, 6) is 0.682. The molecule has 0 aliphatic carbocycles. The molecule has 0 spiro atoms. The van der Waals surface area contributed by atoms with Gasteiger partial charge in [0.15, 0.2) is 0 Å². The number of nitrogens with one attached hydrogen (secondary N) is 1. The van der Waals surface area contributed by atoms with Crippen molar-refractivity contribution in [3.8, 4) is 0 Å². The number of nitrogen functional groups attached to an aromatic ring is 1. The first-order chi connectivity index (χ1) is 6.43. The molecular formula is C11H17N3. The van der Waals surface area contributed by atoms with Gasteiger partial charge in [0.1, 0.15) is 5.82 Å². The van der Waals surface area contributed by atoms with E-state index in [2.05, 4.69) is 31.1 Å². The Balaban J connectivity index is 2.75. The zero-order valence-electron chi connectivity index (χ0n) is 9.23. The smallest absolute Gasteiger partial charge is 0.128 e. The Morgan fingerprint density at radius 3 is 2.64 bits per heavy atom. The van der Waals surface area contributed by atoms with E-state index in [1.807, 2.05) is 6.92 Å². The van der Waals surface area contributed by atoms with Gasteiger partial charge in [-0.15, -0.1) is 0 Å². The number of nitrogens with zero attached hydrogens (tertiary/aromatic N) is 1. The summed E-state index contributed by atoms with van der Waals surface area (Å²) in [4.78, 5) is 4.35. The minimum atomic E-state index is 0.0290. The van der Waals surface area contributed by atoms with E-state index in [0.29, 0.717) is 5.82 Å². The van der Waals surface area contributed by atoms with Crippen LogP contribution < -0.4 is 11.1 Å². The van der Waals surface area contributed by atoms with E-state index >= 15 is 0 Å². The van der Waals surface area contributed by atoms with E-state index < -0.39 is 0 Å². The third-order valence-corrected chi connectivity index (χ3v) is 3.15. The van der Waals surface area contributed by atoms with Crippen LogP contribution in [0.5, 0.6) is 0 Å². The van der Waals surface area contributed by atoms with Gasteiger partial charge >= 0.3 is 0 Å². The number of hydrogen-bond donors (Lipinski definition) is 2. The first kappa shape index (κ1) is 9.46. The van der Waals surface area contributed by atoms with Crippen LogP contribution in [0.3, 0.4) is 0 Å². The zero-order valence-corrected chi connectivity index (χ0v) is 9.23. The standard InChI is InChI=1S/C11H17N3/c1-6-7(2)14-10(12)8-5-13-11(3,4)9(6)8/h13H,5H2,1-4H3,(H2,12,14). The van der Waals surface area contributed by atoms with E-state index in [0.717, 1.165) is 12.2 Å². The first-order valence-corrected chi connectivity index (χ1v) is 4.94. The third-order valence-electron chi connectivity index (χ3n) is 3.15. The first-order valence-electron chi connectivity index (χ1n) is 4.94. The Bertz CT molecular complexity index is 394. The van der Waals surface area contributed by atoms with Crippen molar-refractivity contribution in [1.82, 2.24) is 10.3 Å². The molecule has 0 fully saturated rings. The van der Waals surface area contributed by atoms with Crippen LogP contribution >= 0.6 is 0 Å². The van der Waals surface area contributed by atoms with Gasteiger partial charge in [0.2, 0.25) is 0 Å². The molecule has 0 amide bonds. The number of fused-ring (bicyclic) bond motifs is 1. The summed E-state index contributed by atoms with van der Waals surface area (Å²) >= 11 is 0. The monoisotopic (exact) mass is 191 g/mol. The van der Waals surface area contributed by atoms with E-state index in [1.165, 1.54) is 16.7 Å². The minimum Gasteiger partial charge on any atom is -0.383 e. The molecule has 3 heteroatoms. The topological polar surface area (TPSA) is 50.9 Å². The molecule has 2 heterocycles. The van der Waals surface area contributed by atoms with Crippen molar-refractivity contribution in [2.75, 3.05) is 5.73 Å². The molecule has 0 radical (unpaired) electrons. The molecule has 1 aliphatic heterocycles. The largest absolute Gasteiger partial charge is 0.383 e. The highest BCUT2D eigenvalue weighted by Crippen LogP contribution is 2.36. The molecular weight excluding hydrogens is 174 g/mol. The molecule has 0 saturated carbocycles.